The number of aryl methyl sites for hydroxylation is 1. The number of amides is 1. The minimum Gasteiger partial charge on any atom is -0.503 e. The van der Waals surface area contributed by atoms with Crippen LogP contribution in [0.15, 0.2) is 90.6 Å². The summed E-state index contributed by atoms with van der Waals surface area (Å²) in [7, 11) is 0. The monoisotopic (exact) mass is 451 g/mol. The molecular weight excluding hydrogens is 426 g/mol. The van der Waals surface area contributed by atoms with Gasteiger partial charge in [-0.1, -0.05) is 49.4 Å². The third kappa shape index (κ3) is 3.77. The molecule has 0 aliphatic carbocycles. The molecule has 6 heteroatoms. The number of H-pyrrole nitrogens is 1. The Kier molecular flexibility index (Phi) is 5.72. The predicted molar refractivity (Wildman–Crippen MR) is 130 cm³/mol. The molecule has 1 aliphatic heterocycles. The van der Waals surface area contributed by atoms with Gasteiger partial charge in [0.1, 0.15) is 0 Å². The smallest absolute Gasteiger partial charge is 0.290 e. The summed E-state index contributed by atoms with van der Waals surface area (Å²) in [5, 5.41) is 12.0. The molecule has 34 heavy (non-hydrogen) atoms. The fraction of sp³-hybridized carbons (Fsp3) is 0.179. The van der Waals surface area contributed by atoms with Crippen molar-refractivity contribution in [2.75, 3.05) is 6.54 Å². The first-order valence-corrected chi connectivity index (χ1v) is 11.4. The number of aromatic nitrogens is 2. The molecule has 0 radical (unpaired) electrons. The number of Topliss-reactive ketones (excluding diaryl/α,β-unsaturated/α-hetero) is 1. The number of ketones is 1. The lowest BCUT2D eigenvalue weighted by Gasteiger charge is -2.27. The molecule has 2 aromatic heterocycles. The molecule has 2 N–H and O–H groups in total. The molecule has 0 fully saturated rings. The van der Waals surface area contributed by atoms with Gasteiger partial charge in [0.2, 0.25) is 0 Å². The van der Waals surface area contributed by atoms with E-state index in [9.17, 15) is 14.7 Å². The van der Waals surface area contributed by atoms with Crippen LogP contribution in [0.3, 0.4) is 0 Å². The molecule has 6 nitrogen and oxygen atoms in total. The molecule has 1 unspecified atom stereocenters. The first-order chi connectivity index (χ1) is 16.6. The number of nitrogens with one attached hydrogen (secondary N) is 1. The minimum atomic E-state index is -0.670. The Bertz CT molecular complexity index is 1390. The molecule has 170 valence electrons. The highest BCUT2D eigenvalue weighted by molar-refractivity contribution is 6.16. The number of pyridine rings is 1. The fourth-order valence-electron chi connectivity index (χ4n) is 4.63. The van der Waals surface area contributed by atoms with Gasteiger partial charge in [-0.05, 0) is 47.7 Å². The number of aliphatic hydroxyl groups is 1. The summed E-state index contributed by atoms with van der Waals surface area (Å²) in [6, 6.07) is 18.5. The van der Waals surface area contributed by atoms with Gasteiger partial charge in [0, 0.05) is 41.6 Å². The molecule has 1 aliphatic rings. The van der Waals surface area contributed by atoms with Crippen molar-refractivity contribution in [3.63, 3.8) is 0 Å². The number of aromatic amines is 1. The van der Waals surface area contributed by atoms with Crippen LogP contribution in [-0.2, 0) is 17.6 Å². The summed E-state index contributed by atoms with van der Waals surface area (Å²) in [6.45, 7) is 2.43. The van der Waals surface area contributed by atoms with Crippen molar-refractivity contribution in [2.45, 2.75) is 25.8 Å². The molecule has 0 saturated heterocycles. The van der Waals surface area contributed by atoms with E-state index in [1.807, 2.05) is 54.7 Å². The zero-order valence-corrected chi connectivity index (χ0v) is 18.9. The van der Waals surface area contributed by atoms with Gasteiger partial charge in [0.15, 0.2) is 11.5 Å². The Morgan fingerprint density at radius 3 is 2.62 bits per heavy atom. The highest BCUT2D eigenvalue weighted by Gasteiger charge is 2.43. The van der Waals surface area contributed by atoms with Gasteiger partial charge in [0.05, 0.1) is 11.6 Å². The maximum Gasteiger partial charge on any atom is 0.290 e. The zero-order chi connectivity index (χ0) is 23.7. The van der Waals surface area contributed by atoms with Crippen LogP contribution in [0.5, 0.6) is 0 Å². The van der Waals surface area contributed by atoms with Gasteiger partial charge in [-0.3, -0.25) is 14.6 Å². The Morgan fingerprint density at radius 1 is 1.09 bits per heavy atom. The van der Waals surface area contributed by atoms with E-state index >= 15 is 0 Å². The second kappa shape index (κ2) is 8.98. The molecule has 1 atom stereocenters. The highest BCUT2D eigenvalue weighted by atomic mass is 16.3. The number of para-hydroxylation sites is 1. The summed E-state index contributed by atoms with van der Waals surface area (Å²) in [6.07, 6.45) is 6.46. The van der Waals surface area contributed by atoms with Gasteiger partial charge in [-0.25, -0.2) is 0 Å². The van der Waals surface area contributed by atoms with E-state index in [0.717, 1.165) is 34.0 Å². The number of benzene rings is 2. The van der Waals surface area contributed by atoms with Crippen LogP contribution in [0.25, 0.3) is 10.9 Å². The lowest BCUT2D eigenvalue weighted by Crippen LogP contribution is -2.33. The summed E-state index contributed by atoms with van der Waals surface area (Å²) >= 11 is 0. The normalized spacial score (nSPS) is 16.0. The fourth-order valence-corrected chi connectivity index (χ4v) is 4.63. The van der Waals surface area contributed by atoms with Crippen molar-refractivity contribution in [3.05, 3.63) is 113 Å². The number of rotatable bonds is 7. The summed E-state index contributed by atoms with van der Waals surface area (Å²) in [5.74, 6) is -1.41. The largest absolute Gasteiger partial charge is 0.503 e. The van der Waals surface area contributed by atoms with Crippen LogP contribution >= 0.6 is 0 Å². The molecule has 1 amide bonds. The molecular formula is C28H25N3O3. The van der Waals surface area contributed by atoms with Crippen LogP contribution in [0.4, 0.5) is 0 Å². The Hall–Kier alpha value is -4.19. The number of nitrogens with zero attached hydrogens (tertiary/aromatic N) is 2. The van der Waals surface area contributed by atoms with Crippen molar-refractivity contribution < 1.29 is 14.7 Å². The molecule has 0 saturated carbocycles. The molecule has 2 aromatic carbocycles. The summed E-state index contributed by atoms with van der Waals surface area (Å²) < 4.78 is 0. The number of carbonyl (C=O) groups excluding carboxylic acids is 2. The van der Waals surface area contributed by atoms with Crippen molar-refractivity contribution in [1.29, 1.82) is 0 Å². The number of hydrogen-bond acceptors (Lipinski definition) is 4. The SMILES string of the molecule is CCc1ccc(C2C(C(=O)c3cccnc3)=C(O)C(=O)N2CCc2c[nH]c3ccccc23)cc1. The quantitative estimate of drug-likeness (QED) is 0.390. The van der Waals surface area contributed by atoms with Gasteiger partial charge in [-0.15, -0.1) is 0 Å². The lowest BCUT2D eigenvalue weighted by molar-refractivity contribution is -0.129. The summed E-state index contributed by atoms with van der Waals surface area (Å²) in [4.78, 5) is 35.5. The maximum absolute atomic E-state index is 13.4. The average Bonchev–Trinajstić information content (AvgIpc) is 3.41. The van der Waals surface area contributed by atoms with Crippen molar-refractivity contribution in [2.24, 2.45) is 0 Å². The topological polar surface area (TPSA) is 86.3 Å². The maximum atomic E-state index is 13.4. The van der Waals surface area contributed by atoms with Crippen LogP contribution in [-0.4, -0.2) is 38.2 Å². The Balaban J connectivity index is 1.52. The van der Waals surface area contributed by atoms with Gasteiger partial charge in [0.25, 0.3) is 5.91 Å². The number of aliphatic hydroxyl groups excluding tert-OH is 1. The van der Waals surface area contributed by atoms with Crippen LogP contribution in [0.2, 0.25) is 0 Å². The van der Waals surface area contributed by atoms with Gasteiger partial charge < -0.3 is 15.0 Å². The first kappa shape index (κ1) is 21.6. The van der Waals surface area contributed by atoms with E-state index in [1.165, 1.54) is 6.20 Å². The van der Waals surface area contributed by atoms with E-state index < -0.39 is 23.5 Å². The zero-order valence-electron chi connectivity index (χ0n) is 18.9. The standard InChI is InChI=1S/C28H25N3O3/c1-2-18-9-11-19(12-10-18)25-24(26(32)21-6-5-14-29-16-21)27(33)28(34)31(25)15-13-20-17-30-23-8-4-3-7-22(20)23/h3-12,14,16-17,25,30,33H,2,13,15H2,1H3. The second-order valence-corrected chi connectivity index (χ2v) is 8.44. The highest BCUT2D eigenvalue weighted by Crippen LogP contribution is 2.39. The van der Waals surface area contributed by atoms with Crippen molar-refractivity contribution in [3.8, 4) is 0 Å². The first-order valence-electron chi connectivity index (χ1n) is 11.4. The number of carbonyl (C=O) groups is 2. The van der Waals surface area contributed by atoms with Crippen molar-refractivity contribution >= 4 is 22.6 Å². The lowest BCUT2D eigenvalue weighted by atomic mass is 9.92. The summed E-state index contributed by atoms with van der Waals surface area (Å²) in [5.41, 5.74) is 4.50. The number of fused-ring (bicyclic) bond motifs is 1. The number of hydrogen-bond donors (Lipinski definition) is 2. The van der Waals surface area contributed by atoms with E-state index in [0.29, 0.717) is 18.5 Å². The second-order valence-electron chi connectivity index (χ2n) is 8.44. The Labute approximate surface area is 197 Å². The molecule has 0 bridgehead atoms. The van der Waals surface area contributed by atoms with E-state index in [-0.39, 0.29) is 5.57 Å². The van der Waals surface area contributed by atoms with Gasteiger partial charge in [-0.2, -0.15) is 0 Å². The third-order valence-electron chi connectivity index (χ3n) is 6.47. The molecule has 3 heterocycles. The van der Waals surface area contributed by atoms with E-state index in [1.54, 1.807) is 23.2 Å². The minimum absolute atomic E-state index is 0.0983. The average molecular weight is 452 g/mol. The molecule has 4 aromatic rings. The van der Waals surface area contributed by atoms with Gasteiger partial charge >= 0.3 is 0 Å². The predicted octanol–water partition coefficient (Wildman–Crippen LogP) is 4.95. The van der Waals surface area contributed by atoms with Crippen LogP contribution in [0.1, 0.15) is 40.0 Å². The van der Waals surface area contributed by atoms with E-state index in [4.69, 9.17) is 0 Å². The molecule has 0 spiro atoms. The Morgan fingerprint density at radius 2 is 1.88 bits per heavy atom. The third-order valence-corrected chi connectivity index (χ3v) is 6.47. The van der Waals surface area contributed by atoms with Crippen molar-refractivity contribution in [1.82, 2.24) is 14.9 Å². The molecule has 5 rings (SSSR count). The van der Waals surface area contributed by atoms with Crippen LogP contribution < -0.4 is 0 Å². The van der Waals surface area contributed by atoms with Crippen LogP contribution in [0, 0.1) is 0 Å². The van der Waals surface area contributed by atoms with E-state index in [2.05, 4.69) is 16.9 Å².